The first-order chi connectivity index (χ1) is 25.3. The fraction of sp³-hybridized carbons (Fsp3) is 0.615. The molecular formula is C39H57N5O8S. The molecule has 0 radical (unpaired) electrons. The number of carbonyl (C=O) groups excluding carboxylic acids is 4. The van der Waals surface area contributed by atoms with Crippen LogP contribution < -0.4 is 21.5 Å². The molecule has 4 rings (SSSR count). The van der Waals surface area contributed by atoms with Crippen LogP contribution in [0.15, 0.2) is 59.5 Å². The van der Waals surface area contributed by atoms with Crippen molar-refractivity contribution in [3.05, 3.63) is 70.6 Å². The molecule has 292 valence electrons. The number of thioether (sulfide) groups is 1. The van der Waals surface area contributed by atoms with Crippen LogP contribution in [0.2, 0.25) is 0 Å². The van der Waals surface area contributed by atoms with Crippen molar-refractivity contribution in [3.63, 3.8) is 0 Å². The Bertz CT molecular complexity index is 1540. The molecule has 4 atom stereocenters. The summed E-state index contributed by atoms with van der Waals surface area (Å²) in [5, 5.41) is 20.1. The van der Waals surface area contributed by atoms with Gasteiger partial charge in [-0.15, -0.1) is 0 Å². The van der Waals surface area contributed by atoms with E-state index >= 15 is 0 Å². The first kappa shape index (κ1) is 41.7. The van der Waals surface area contributed by atoms with Gasteiger partial charge in [0.05, 0.1) is 18.7 Å². The maximum absolute atomic E-state index is 13.9. The molecule has 0 bridgehead atoms. The van der Waals surface area contributed by atoms with E-state index in [0.717, 1.165) is 37.7 Å². The van der Waals surface area contributed by atoms with E-state index in [1.54, 1.807) is 39.1 Å². The summed E-state index contributed by atoms with van der Waals surface area (Å²) >= 11 is 1.38. The Labute approximate surface area is 316 Å². The van der Waals surface area contributed by atoms with E-state index in [1.807, 2.05) is 36.6 Å². The van der Waals surface area contributed by atoms with Gasteiger partial charge in [0.15, 0.2) is 6.10 Å². The van der Waals surface area contributed by atoms with E-state index in [0.29, 0.717) is 38.3 Å². The number of hydrogen-bond donors (Lipinski definition) is 4. The summed E-state index contributed by atoms with van der Waals surface area (Å²) < 4.78 is 12.6. The molecule has 1 saturated carbocycles. The van der Waals surface area contributed by atoms with Gasteiger partial charge in [0.1, 0.15) is 11.6 Å². The fourth-order valence-electron chi connectivity index (χ4n) is 6.82. The summed E-state index contributed by atoms with van der Waals surface area (Å²) in [4.78, 5) is 67.4. The standard InChI is InChI=1S/C39H57N5O8S/c1-39(2,3)52-37(49)40-29-18-21-43(22-19-29)38(50)51-33(24-28-15-9-6-10-16-28)36(48)42-31(26-53-4)35(47)41-30(23-27-13-7-5-8-14-27)32(45)25-44-20-12-11-17-34(44)46/h6,9-12,15-17,20,27,29-33,45H,5,7-8,13-14,18-19,21-26H2,1-4H3,(H,40,49)(H,41,47)(H,42,48)/t30-,31-,32-,33-/m0/s1. The molecule has 4 amide bonds. The highest BCUT2D eigenvalue weighted by Gasteiger charge is 2.34. The summed E-state index contributed by atoms with van der Waals surface area (Å²) in [6.07, 6.45) is 6.97. The van der Waals surface area contributed by atoms with Crippen molar-refractivity contribution >= 4 is 35.8 Å². The van der Waals surface area contributed by atoms with Crippen molar-refractivity contribution in [1.29, 1.82) is 0 Å². The van der Waals surface area contributed by atoms with Crippen molar-refractivity contribution in [2.24, 2.45) is 5.92 Å². The number of carbonyl (C=O) groups is 4. The quantitative estimate of drug-likeness (QED) is 0.208. The van der Waals surface area contributed by atoms with Gasteiger partial charge >= 0.3 is 12.2 Å². The van der Waals surface area contributed by atoms with E-state index in [4.69, 9.17) is 9.47 Å². The lowest BCUT2D eigenvalue weighted by Crippen LogP contribution is -2.56. The second kappa shape index (κ2) is 20.4. The highest BCUT2D eigenvalue weighted by atomic mass is 32.2. The van der Waals surface area contributed by atoms with Crippen LogP contribution in [0.3, 0.4) is 0 Å². The Hall–Kier alpha value is -4.04. The second-order valence-electron chi connectivity index (χ2n) is 15.1. The van der Waals surface area contributed by atoms with E-state index < -0.39 is 53.9 Å². The van der Waals surface area contributed by atoms with E-state index in [-0.39, 0.29) is 30.3 Å². The summed E-state index contributed by atoms with van der Waals surface area (Å²) in [6, 6.07) is 12.2. The maximum atomic E-state index is 13.9. The molecule has 1 aliphatic carbocycles. The molecule has 1 aromatic heterocycles. The number of aliphatic hydroxyl groups excluding tert-OH is 1. The van der Waals surface area contributed by atoms with Crippen LogP contribution in [0.5, 0.6) is 0 Å². The molecule has 1 saturated heterocycles. The van der Waals surface area contributed by atoms with Crippen LogP contribution in [0.4, 0.5) is 9.59 Å². The number of hydrogen-bond acceptors (Lipinski definition) is 9. The van der Waals surface area contributed by atoms with Crippen LogP contribution in [-0.2, 0) is 32.0 Å². The van der Waals surface area contributed by atoms with Crippen molar-refractivity contribution in [1.82, 2.24) is 25.4 Å². The molecule has 53 heavy (non-hydrogen) atoms. The Morgan fingerprint density at radius 2 is 1.60 bits per heavy atom. The van der Waals surface area contributed by atoms with E-state index in [2.05, 4.69) is 16.0 Å². The van der Waals surface area contributed by atoms with Crippen LogP contribution in [0.25, 0.3) is 0 Å². The topological polar surface area (TPSA) is 168 Å². The fourth-order valence-corrected chi connectivity index (χ4v) is 7.39. The third-order valence-corrected chi connectivity index (χ3v) is 10.3. The zero-order valence-corrected chi connectivity index (χ0v) is 32.3. The van der Waals surface area contributed by atoms with Gasteiger partial charge in [0.25, 0.3) is 11.5 Å². The number of benzene rings is 1. The molecule has 14 heteroatoms. The molecular weight excluding hydrogens is 699 g/mol. The zero-order chi connectivity index (χ0) is 38.4. The smallest absolute Gasteiger partial charge is 0.410 e. The third kappa shape index (κ3) is 14.0. The molecule has 1 aliphatic heterocycles. The summed E-state index contributed by atoms with van der Waals surface area (Å²) in [5.74, 6) is -0.514. The molecule has 2 aromatic rings. The number of ether oxygens (including phenoxy) is 2. The zero-order valence-electron chi connectivity index (χ0n) is 31.5. The lowest BCUT2D eigenvalue weighted by atomic mass is 9.83. The lowest BCUT2D eigenvalue weighted by Gasteiger charge is -2.33. The molecule has 0 unspecified atom stereocenters. The normalized spacial score (nSPS) is 17.9. The highest BCUT2D eigenvalue weighted by Crippen LogP contribution is 2.28. The van der Waals surface area contributed by atoms with Crippen LogP contribution in [-0.4, -0.2) is 99.6 Å². The lowest BCUT2D eigenvalue weighted by molar-refractivity contribution is -0.134. The van der Waals surface area contributed by atoms with Crippen molar-refractivity contribution < 1.29 is 33.8 Å². The van der Waals surface area contributed by atoms with Crippen molar-refractivity contribution in [2.75, 3.05) is 25.1 Å². The number of likely N-dealkylation sites (tertiary alicyclic amines) is 1. The second-order valence-corrected chi connectivity index (χ2v) is 16.0. The number of alkyl carbamates (subject to hydrolysis) is 1. The molecule has 2 fully saturated rings. The van der Waals surface area contributed by atoms with E-state index in [1.165, 1.54) is 27.3 Å². The number of aliphatic hydroxyl groups is 1. The molecule has 0 spiro atoms. The summed E-state index contributed by atoms with van der Waals surface area (Å²) in [7, 11) is 0. The number of pyridine rings is 1. The molecule has 2 aliphatic rings. The number of rotatable bonds is 15. The van der Waals surface area contributed by atoms with Gasteiger partial charge in [0, 0.05) is 43.6 Å². The molecule has 1 aromatic carbocycles. The molecule has 4 N–H and O–H groups in total. The number of nitrogens with one attached hydrogen (secondary N) is 3. The van der Waals surface area contributed by atoms with Gasteiger partial charge in [-0.25, -0.2) is 9.59 Å². The highest BCUT2D eigenvalue weighted by molar-refractivity contribution is 7.98. The minimum atomic E-state index is -1.23. The Morgan fingerprint density at radius 1 is 0.925 bits per heavy atom. The van der Waals surface area contributed by atoms with Gasteiger partial charge in [-0.1, -0.05) is 68.5 Å². The number of nitrogens with zero attached hydrogens (tertiary/aromatic N) is 2. The van der Waals surface area contributed by atoms with Gasteiger partial charge in [-0.3, -0.25) is 14.4 Å². The average molecular weight is 756 g/mol. The predicted octanol–water partition coefficient (Wildman–Crippen LogP) is 4.25. The largest absolute Gasteiger partial charge is 0.444 e. The Morgan fingerprint density at radius 3 is 2.25 bits per heavy atom. The van der Waals surface area contributed by atoms with Gasteiger partial charge in [0.2, 0.25) is 5.91 Å². The van der Waals surface area contributed by atoms with Gasteiger partial charge in [-0.2, -0.15) is 11.8 Å². The molecule has 2 heterocycles. The van der Waals surface area contributed by atoms with Gasteiger partial charge < -0.3 is 40.0 Å². The maximum Gasteiger partial charge on any atom is 0.410 e. The SMILES string of the molecule is CSC[C@H](NC(=O)[C@H](Cc1ccccc1)OC(=O)N1CCC(NC(=O)OC(C)(C)C)CC1)C(=O)N[C@@H](CC1CCCCC1)[C@@H](O)Cn1ccccc1=O. The van der Waals surface area contributed by atoms with Crippen LogP contribution in [0, 0.1) is 5.92 Å². The summed E-state index contributed by atoms with van der Waals surface area (Å²) in [5.41, 5.74) is -0.0956. The predicted molar refractivity (Wildman–Crippen MR) is 205 cm³/mol. The number of amides is 4. The molecule has 13 nitrogen and oxygen atoms in total. The number of aromatic nitrogens is 1. The van der Waals surface area contributed by atoms with Crippen molar-refractivity contribution in [3.8, 4) is 0 Å². The number of piperidine rings is 1. The van der Waals surface area contributed by atoms with E-state index in [9.17, 15) is 29.1 Å². The Kier molecular flexibility index (Phi) is 16.1. The van der Waals surface area contributed by atoms with Crippen molar-refractivity contribution in [2.45, 2.75) is 121 Å². The summed E-state index contributed by atoms with van der Waals surface area (Å²) in [6.45, 7) is 6.02. The minimum absolute atomic E-state index is 0.0142. The monoisotopic (exact) mass is 755 g/mol. The van der Waals surface area contributed by atoms with Crippen LogP contribution >= 0.6 is 11.8 Å². The van der Waals surface area contributed by atoms with Gasteiger partial charge in [-0.05, 0) is 63.8 Å². The first-order valence-electron chi connectivity index (χ1n) is 18.7. The first-order valence-corrected chi connectivity index (χ1v) is 20.1. The minimum Gasteiger partial charge on any atom is -0.444 e. The third-order valence-electron chi connectivity index (χ3n) is 9.63. The average Bonchev–Trinajstić information content (AvgIpc) is 3.12. The van der Waals surface area contributed by atoms with Crippen LogP contribution in [0.1, 0.15) is 77.7 Å². The Balaban J connectivity index is 1.43.